The first kappa shape index (κ1) is 9.57. The van der Waals surface area contributed by atoms with Gasteiger partial charge in [0.05, 0.1) is 0 Å². The highest BCUT2D eigenvalue weighted by Crippen LogP contribution is 2.31. The molecule has 0 spiro atoms. The van der Waals surface area contributed by atoms with Gasteiger partial charge in [-0.2, -0.15) is 5.10 Å². The van der Waals surface area contributed by atoms with Crippen molar-refractivity contribution in [2.45, 2.75) is 38.0 Å². The summed E-state index contributed by atoms with van der Waals surface area (Å²) in [4.78, 5) is 4.49. The fraction of sp³-hybridized carbons (Fsp3) is 0.545. The Hall–Kier alpha value is -1.65. The monoisotopic (exact) mass is 218 g/mol. The number of nitrogens with one attached hydrogen (secondary N) is 1. The number of H-pyrrole nitrogens is 1. The van der Waals surface area contributed by atoms with Crippen molar-refractivity contribution in [3.63, 3.8) is 0 Å². The van der Waals surface area contributed by atoms with E-state index in [1.165, 1.54) is 38.4 Å². The van der Waals surface area contributed by atoms with Crippen LogP contribution in [-0.2, 0) is 0 Å². The third-order valence-electron chi connectivity index (χ3n) is 3.16. The molecule has 0 aliphatic heterocycles. The lowest BCUT2D eigenvalue weighted by Gasteiger charge is -2.18. The molecule has 0 saturated heterocycles. The zero-order chi connectivity index (χ0) is 10.8. The Bertz CT molecular complexity index is 442. The second-order valence-corrected chi connectivity index (χ2v) is 4.26. The highest BCUT2D eigenvalue weighted by Gasteiger charge is 2.19. The molecule has 1 N–H and O–H groups in total. The zero-order valence-corrected chi connectivity index (χ0v) is 9.02. The molecule has 0 radical (unpaired) electrons. The Labute approximate surface area is 93.3 Å². The van der Waals surface area contributed by atoms with Crippen LogP contribution in [-0.4, -0.2) is 20.3 Å². The van der Waals surface area contributed by atoms with E-state index in [4.69, 9.17) is 4.52 Å². The largest absolute Gasteiger partial charge is 0.364 e. The molecule has 2 aromatic heterocycles. The maximum absolute atomic E-state index is 4.78. The molecule has 0 atom stereocenters. The second kappa shape index (κ2) is 4.08. The van der Waals surface area contributed by atoms with Gasteiger partial charge in [-0.3, -0.25) is 5.10 Å². The van der Waals surface area contributed by atoms with Gasteiger partial charge < -0.3 is 4.52 Å². The maximum atomic E-state index is 4.78. The topological polar surface area (TPSA) is 67.6 Å². The molecule has 16 heavy (non-hydrogen) atoms. The van der Waals surface area contributed by atoms with Gasteiger partial charge in [-0.25, -0.2) is 4.98 Å². The van der Waals surface area contributed by atoms with Crippen molar-refractivity contribution in [1.82, 2.24) is 20.3 Å². The van der Waals surface area contributed by atoms with Gasteiger partial charge in [0, 0.05) is 12.0 Å². The molecule has 0 aromatic carbocycles. The summed E-state index contributed by atoms with van der Waals surface area (Å²) in [7, 11) is 0. The number of hydrogen-bond acceptors (Lipinski definition) is 4. The fourth-order valence-corrected chi connectivity index (χ4v) is 2.28. The van der Waals surface area contributed by atoms with Crippen LogP contribution in [0.3, 0.4) is 0 Å². The molecule has 5 nitrogen and oxygen atoms in total. The van der Waals surface area contributed by atoms with E-state index >= 15 is 0 Å². The first-order chi connectivity index (χ1) is 7.93. The van der Waals surface area contributed by atoms with Crippen LogP contribution in [0, 0.1) is 0 Å². The Morgan fingerprint density at radius 1 is 1.25 bits per heavy atom. The van der Waals surface area contributed by atoms with Gasteiger partial charge in [0.1, 0.15) is 12.1 Å². The van der Waals surface area contributed by atoms with Crippen molar-refractivity contribution in [3.05, 3.63) is 18.2 Å². The Morgan fingerprint density at radius 3 is 2.88 bits per heavy atom. The standard InChI is InChI=1S/C11H14N4O/c1-2-4-8(5-3-1)10-12-11(14-13-10)9-6-7-16-15-9/h6-8H,1-5H2,(H,12,13,14). The summed E-state index contributed by atoms with van der Waals surface area (Å²) in [6.45, 7) is 0. The molecule has 84 valence electrons. The van der Waals surface area contributed by atoms with E-state index in [0.717, 1.165) is 5.82 Å². The van der Waals surface area contributed by atoms with Crippen LogP contribution in [0.4, 0.5) is 0 Å². The second-order valence-electron chi connectivity index (χ2n) is 4.26. The van der Waals surface area contributed by atoms with E-state index < -0.39 is 0 Å². The summed E-state index contributed by atoms with van der Waals surface area (Å²) >= 11 is 0. The van der Waals surface area contributed by atoms with E-state index in [2.05, 4.69) is 20.3 Å². The number of hydrogen-bond donors (Lipinski definition) is 1. The van der Waals surface area contributed by atoms with Gasteiger partial charge in [0.25, 0.3) is 0 Å². The fourth-order valence-electron chi connectivity index (χ4n) is 2.28. The highest BCUT2D eigenvalue weighted by molar-refractivity contribution is 5.46. The molecular formula is C11H14N4O. The van der Waals surface area contributed by atoms with Crippen LogP contribution in [0.2, 0.25) is 0 Å². The lowest BCUT2D eigenvalue weighted by molar-refractivity contribution is 0.421. The van der Waals surface area contributed by atoms with Gasteiger partial charge in [-0.15, -0.1) is 0 Å². The summed E-state index contributed by atoms with van der Waals surface area (Å²) in [5.41, 5.74) is 0.693. The average molecular weight is 218 g/mol. The van der Waals surface area contributed by atoms with Crippen molar-refractivity contribution in [2.24, 2.45) is 0 Å². The number of rotatable bonds is 2. The van der Waals surface area contributed by atoms with Crippen LogP contribution >= 0.6 is 0 Å². The molecule has 5 heteroatoms. The summed E-state index contributed by atoms with van der Waals surface area (Å²) < 4.78 is 4.78. The van der Waals surface area contributed by atoms with Crippen LogP contribution in [0.1, 0.15) is 43.8 Å². The van der Waals surface area contributed by atoms with Gasteiger partial charge in [0.15, 0.2) is 5.69 Å². The van der Waals surface area contributed by atoms with E-state index in [1.54, 1.807) is 6.07 Å². The van der Waals surface area contributed by atoms with Crippen molar-refractivity contribution in [1.29, 1.82) is 0 Å². The predicted molar refractivity (Wildman–Crippen MR) is 57.7 cm³/mol. The van der Waals surface area contributed by atoms with E-state index in [9.17, 15) is 0 Å². The molecule has 2 aromatic rings. The van der Waals surface area contributed by atoms with E-state index in [0.29, 0.717) is 17.4 Å². The summed E-state index contributed by atoms with van der Waals surface area (Å²) in [5.74, 6) is 2.17. The third-order valence-corrected chi connectivity index (χ3v) is 3.16. The molecular weight excluding hydrogens is 204 g/mol. The Kier molecular flexibility index (Phi) is 2.44. The number of aromatic amines is 1. The first-order valence-corrected chi connectivity index (χ1v) is 5.76. The molecule has 1 fully saturated rings. The normalized spacial score (nSPS) is 17.8. The lowest BCUT2D eigenvalue weighted by Crippen LogP contribution is -2.06. The molecule has 3 rings (SSSR count). The summed E-state index contributed by atoms with van der Waals surface area (Å²) in [5, 5.41) is 11.0. The summed E-state index contributed by atoms with van der Waals surface area (Å²) in [6.07, 6.45) is 7.91. The Balaban J connectivity index is 1.82. The number of aromatic nitrogens is 4. The van der Waals surface area contributed by atoms with Crippen LogP contribution in [0.5, 0.6) is 0 Å². The van der Waals surface area contributed by atoms with Gasteiger partial charge >= 0.3 is 0 Å². The summed E-state index contributed by atoms with van der Waals surface area (Å²) in [6, 6.07) is 1.77. The van der Waals surface area contributed by atoms with Gasteiger partial charge in [-0.1, -0.05) is 24.4 Å². The minimum atomic E-state index is 0.543. The quantitative estimate of drug-likeness (QED) is 0.840. The van der Waals surface area contributed by atoms with Gasteiger partial charge in [0.2, 0.25) is 5.82 Å². The molecule has 0 bridgehead atoms. The molecule has 1 aliphatic carbocycles. The Morgan fingerprint density at radius 2 is 2.12 bits per heavy atom. The van der Waals surface area contributed by atoms with Crippen molar-refractivity contribution < 1.29 is 4.52 Å². The van der Waals surface area contributed by atoms with E-state index in [-0.39, 0.29) is 0 Å². The highest BCUT2D eigenvalue weighted by atomic mass is 16.5. The molecule has 2 heterocycles. The SMILES string of the molecule is c1cc(-c2n[nH]c(C3CCCCC3)n2)no1. The van der Waals surface area contributed by atoms with Crippen LogP contribution in [0.25, 0.3) is 11.5 Å². The van der Waals surface area contributed by atoms with Gasteiger partial charge in [-0.05, 0) is 12.8 Å². The first-order valence-electron chi connectivity index (χ1n) is 5.76. The van der Waals surface area contributed by atoms with Crippen molar-refractivity contribution in [2.75, 3.05) is 0 Å². The number of nitrogens with zero attached hydrogens (tertiary/aromatic N) is 3. The van der Waals surface area contributed by atoms with Crippen molar-refractivity contribution >= 4 is 0 Å². The van der Waals surface area contributed by atoms with E-state index in [1.807, 2.05) is 0 Å². The average Bonchev–Trinajstić information content (AvgIpc) is 3.01. The minimum absolute atomic E-state index is 0.543. The molecule has 0 unspecified atom stereocenters. The predicted octanol–water partition coefficient (Wildman–Crippen LogP) is 2.51. The smallest absolute Gasteiger partial charge is 0.203 e. The maximum Gasteiger partial charge on any atom is 0.203 e. The third kappa shape index (κ3) is 1.73. The van der Waals surface area contributed by atoms with Crippen LogP contribution in [0.15, 0.2) is 16.9 Å². The molecule has 1 aliphatic rings. The van der Waals surface area contributed by atoms with Crippen molar-refractivity contribution in [3.8, 4) is 11.5 Å². The van der Waals surface area contributed by atoms with Crippen LogP contribution < -0.4 is 0 Å². The lowest BCUT2D eigenvalue weighted by atomic mass is 9.89. The minimum Gasteiger partial charge on any atom is -0.364 e. The molecule has 0 amide bonds. The zero-order valence-electron chi connectivity index (χ0n) is 9.02. The molecule has 1 saturated carbocycles.